The number of hydrogen-bond acceptors (Lipinski definition) is 2. The zero-order valence-electron chi connectivity index (χ0n) is 20.7. The summed E-state index contributed by atoms with van der Waals surface area (Å²) in [5, 5.41) is 3.62. The van der Waals surface area contributed by atoms with Crippen LogP contribution in [-0.2, 0) is 19.1 Å². The first-order chi connectivity index (χ1) is 16.8. The fraction of sp³-hybridized carbons (Fsp3) is 0.536. The van der Waals surface area contributed by atoms with Crippen molar-refractivity contribution in [2.45, 2.75) is 77.6 Å². The van der Waals surface area contributed by atoms with Gasteiger partial charge in [-0.3, -0.25) is 0 Å². The number of nitrogens with zero attached hydrogens (tertiary/aromatic N) is 2. The maximum atomic E-state index is 13.2. The summed E-state index contributed by atoms with van der Waals surface area (Å²) in [5.41, 5.74) is 3.63. The second kappa shape index (κ2) is 11.2. The summed E-state index contributed by atoms with van der Waals surface area (Å²) >= 11 is 5.83. The Labute approximate surface area is 212 Å². The van der Waals surface area contributed by atoms with Gasteiger partial charge in [0.05, 0.1) is 5.56 Å². The van der Waals surface area contributed by atoms with Gasteiger partial charge in [0, 0.05) is 37.1 Å². The second-order valence-electron chi connectivity index (χ2n) is 10.0. The maximum Gasteiger partial charge on any atom is 0.416 e. The first-order valence-electron chi connectivity index (χ1n) is 12.9. The van der Waals surface area contributed by atoms with E-state index in [4.69, 9.17) is 12.2 Å². The van der Waals surface area contributed by atoms with Crippen molar-refractivity contribution in [3.05, 3.63) is 59.2 Å². The second-order valence-corrected chi connectivity index (χ2v) is 10.4. The molecule has 1 fully saturated rings. The molecule has 4 rings (SSSR count). The van der Waals surface area contributed by atoms with Gasteiger partial charge in [-0.25, -0.2) is 0 Å². The van der Waals surface area contributed by atoms with Crippen LogP contribution < -0.4 is 10.2 Å². The van der Waals surface area contributed by atoms with Gasteiger partial charge >= 0.3 is 6.18 Å². The number of aryl methyl sites for hydroxylation is 1. The van der Waals surface area contributed by atoms with Crippen LogP contribution in [0, 0.1) is 5.92 Å². The minimum atomic E-state index is -4.38. The highest BCUT2D eigenvalue weighted by atomic mass is 32.1. The first kappa shape index (κ1) is 25.8. The van der Waals surface area contributed by atoms with Crippen molar-refractivity contribution >= 4 is 28.7 Å². The van der Waals surface area contributed by atoms with E-state index in [1.165, 1.54) is 29.3 Å². The number of alkyl halides is 3. The summed E-state index contributed by atoms with van der Waals surface area (Å²) in [6.45, 7) is 7.31. The molecule has 35 heavy (non-hydrogen) atoms. The van der Waals surface area contributed by atoms with E-state index in [-0.39, 0.29) is 6.04 Å². The molecule has 0 aromatic heterocycles. The highest BCUT2D eigenvalue weighted by Gasteiger charge is 2.32. The van der Waals surface area contributed by atoms with Crippen LogP contribution in [0.5, 0.6) is 0 Å². The molecule has 1 heterocycles. The quantitative estimate of drug-likeness (QED) is 0.408. The zero-order chi connectivity index (χ0) is 25.0. The van der Waals surface area contributed by atoms with E-state index < -0.39 is 11.7 Å². The van der Waals surface area contributed by atoms with Crippen molar-refractivity contribution in [1.29, 1.82) is 0 Å². The number of fused-ring (bicyclic) bond motifs is 1. The Hall–Kier alpha value is -2.28. The zero-order valence-corrected chi connectivity index (χ0v) is 21.5. The first-order valence-corrected chi connectivity index (χ1v) is 13.3. The van der Waals surface area contributed by atoms with Gasteiger partial charge in [0.2, 0.25) is 0 Å². The smallest absolute Gasteiger partial charge is 0.371 e. The van der Waals surface area contributed by atoms with Gasteiger partial charge in [0.1, 0.15) is 0 Å². The molecule has 0 amide bonds. The van der Waals surface area contributed by atoms with E-state index in [0.717, 1.165) is 63.7 Å². The van der Waals surface area contributed by atoms with Crippen molar-refractivity contribution in [1.82, 2.24) is 4.90 Å². The molecule has 0 saturated heterocycles. The van der Waals surface area contributed by atoms with Gasteiger partial charge in [-0.15, -0.1) is 0 Å². The molecule has 0 spiro atoms. The fourth-order valence-electron chi connectivity index (χ4n) is 5.59. The number of anilines is 2. The molecule has 2 unspecified atom stereocenters. The number of nitrogens with one attached hydrogen (secondary N) is 1. The summed E-state index contributed by atoms with van der Waals surface area (Å²) in [5.74, 6) is 0.475. The summed E-state index contributed by atoms with van der Waals surface area (Å²) in [4.78, 5) is 4.69. The number of halogens is 3. The monoisotopic (exact) mass is 503 g/mol. The molecule has 2 aliphatic rings. The Morgan fingerprint density at radius 2 is 1.91 bits per heavy atom. The van der Waals surface area contributed by atoms with E-state index in [1.54, 1.807) is 6.07 Å². The molecule has 2 atom stereocenters. The molecule has 1 aliphatic carbocycles. The van der Waals surface area contributed by atoms with Gasteiger partial charge in [0.15, 0.2) is 5.11 Å². The molecule has 2 aromatic rings. The molecule has 1 saturated carbocycles. The highest BCUT2D eigenvalue weighted by molar-refractivity contribution is 7.80. The SMILES string of the molecule is CCCN1CCCc2cc(CN(C(=S)Nc3cccc(C(F)(F)F)c3)C3CCCCC3C)ccc21. The van der Waals surface area contributed by atoms with E-state index in [9.17, 15) is 13.2 Å². The Balaban J connectivity index is 1.57. The lowest BCUT2D eigenvalue weighted by Crippen LogP contribution is -2.46. The van der Waals surface area contributed by atoms with Crippen LogP contribution in [-0.4, -0.2) is 29.1 Å². The molecule has 3 nitrogen and oxygen atoms in total. The lowest BCUT2D eigenvalue weighted by molar-refractivity contribution is -0.137. The van der Waals surface area contributed by atoms with Crippen LogP contribution in [0.25, 0.3) is 0 Å². The molecular formula is C28H36F3N3S. The summed E-state index contributed by atoms with van der Waals surface area (Å²) in [6.07, 6.45) is 3.53. The largest absolute Gasteiger partial charge is 0.416 e. The minimum Gasteiger partial charge on any atom is -0.371 e. The average molecular weight is 504 g/mol. The lowest BCUT2D eigenvalue weighted by atomic mass is 9.84. The number of thiocarbonyl (C=S) groups is 1. The van der Waals surface area contributed by atoms with Gasteiger partial charge in [0.25, 0.3) is 0 Å². The van der Waals surface area contributed by atoms with E-state index >= 15 is 0 Å². The van der Waals surface area contributed by atoms with Gasteiger partial charge < -0.3 is 15.1 Å². The fourth-order valence-corrected chi connectivity index (χ4v) is 5.91. The molecule has 0 bridgehead atoms. The Morgan fingerprint density at radius 3 is 2.66 bits per heavy atom. The summed E-state index contributed by atoms with van der Waals surface area (Å²) < 4.78 is 39.7. The van der Waals surface area contributed by atoms with Crippen molar-refractivity contribution in [2.75, 3.05) is 23.3 Å². The third-order valence-corrected chi connectivity index (χ3v) is 7.71. The van der Waals surface area contributed by atoms with Gasteiger partial charge in [-0.1, -0.05) is 44.9 Å². The maximum absolute atomic E-state index is 13.2. The molecule has 0 radical (unpaired) electrons. The Kier molecular flexibility index (Phi) is 8.25. The third kappa shape index (κ3) is 6.29. The van der Waals surface area contributed by atoms with Gasteiger partial charge in [-0.05, 0) is 85.6 Å². The predicted molar refractivity (Wildman–Crippen MR) is 142 cm³/mol. The van der Waals surface area contributed by atoms with Crippen LogP contribution in [0.3, 0.4) is 0 Å². The topological polar surface area (TPSA) is 18.5 Å². The molecule has 190 valence electrons. The van der Waals surface area contributed by atoms with Crippen LogP contribution in [0.2, 0.25) is 0 Å². The standard InChI is InChI=1S/C28H36F3N3S/c1-3-15-33-16-7-9-22-17-21(13-14-26(22)33)19-34(25-12-5-4-8-20(25)2)27(35)32-24-11-6-10-23(18-24)28(29,30)31/h6,10-11,13-14,17-18,20,25H,3-5,7-9,12,15-16,19H2,1-2H3,(H,32,35). The predicted octanol–water partition coefficient (Wildman–Crippen LogP) is 7.65. The number of hydrogen-bond donors (Lipinski definition) is 1. The number of benzene rings is 2. The minimum absolute atomic E-state index is 0.266. The van der Waals surface area contributed by atoms with Crippen molar-refractivity contribution in [3.63, 3.8) is 0 Å². The van der Waals surface area contributed by atoms with Crippen molar-refractivity contribution < 1.29 is 13.2 Å². The molecule has 1 aliphatic heterocycles. The molecular weight excluding hydrogens is 467 g/mol. The molecule has 7 heteroatoms. The average Bonchev–Trinajstić information content (AvgIpc) is 2.83. The van der Waals surface area contributed by atoms with Crippen molar-refractivity contribution in [2.24, 2.45) is 5.92 Å². The van der Waals surface area contributed by atoms with E-state index in [1.807, 2.05) is 0 Å². The van der Waals surface area contributed by atoms with Crippen LogP contribution in [0.4, 0.5) is 24.5 Å². The van der Waals surface area contributed by atoms with E-state index in [2.05, 4.69) is 47.2 Å². The Bertz CT molecular complexity index is 1020. The summed E-state index contributed by atoms with van der Waals surface area (Å²) in [6, 6.07) is 12.3. The molecule has 2 aromatic carbocycles. The normalized spacial score (nSPS) is 20.3. The van der Waals surface area contributed by atoms with Crippen LogP contribution >= 0.6 is 12.2 Å². The van der Waals surface area contributed by atoms with Crippen molar-refractivity contribution in [3.8, 4) is 0 Å². The lowest BCUT2D eigenvalue weighted by Gasteiger charge is -2.40. The molecule has 1 N–H and O–H groups in total. The highest BCUT2D eigenvalue weighted by Crippen LogP contribution is 2.33. The summed E-state index contributed by atoms with van der Waals surface area (Å²) in [7, 11) is 0. The van der Waals surface area contributed by atoms with E-state index in [0.29, 0.717) is 23.3 Å². The van der Waals surface area contributed by atoms with Gasteiger partial charge in [-0.2, -0.15) is 13.2 Å². The number of rotatable bonds is 6. The Morgan fingerprint density at radius 1 is 1.11 bits per heavy atom. The van der Waals surface area contributed by atoms with Crippen LogP contribution in [0.15, 0.2) is 42.5 Å². The third-order valence-electron chi connectivity index (χ3n) is 7.37. The van der Waals surface area contributed by atoms with Crippen LogP contribution in [0.1, 0.15) is 69.1 Å².